The minimum Gasteiger partial charge on any atom is -0.444 e. The Kier molecular flexibility index (Phi) is 6.99. The summed E-state index contributed by atoms with van der Waals surface area (Å²) in [6.07, 6.45) is 3.85. The number of aliphatic hydroxyl groups excluding tert-OH is 1. The van der Waals surface area contributed by atoms with E-state index in [0.29, 0.717) is 13.0 Å². The molecule has 0 aromatic heterocycles. The third-order valence-corrected chi connectivity index (χ3v) is 7.61. The second-order valence-corrected chi connectivity index (χ2v) is 11.4. The topological polar surface area (TPSA) is 118 Å². The van der Waals surface area contributed by atoms with Gasteiger partial charge in [-0.05, 0) is 57.4 Å². The number of fused-ring (bicyclic) bond motifs is 5. The quantitative estimate of drug-likeness (QED) is 0.440. The Bertz CT molecular complexity index is 1060. The van der Waals surface area contributed by atoms with Crippen LogP contribution in [0.2, 0.25) is 0 Å². The van der Waals surface area contributed by atoms with Crippen LogP contribution in [-0.4, -0.2) is 63.5 Å². The van der Waals surface area contributed by atoms with Crippen LogP contribution in [0.1, 0.15) is 45.6 Å². The van der Waals surface area contributed by atoms with E-state index in [1.165, 1.54) is 4.90 Å². The molecule has 10 heteroatoms. The van der Waals surface area contributed by atoms with Crippen LogP contribution in [0.5, 0.6) is 0 Å². The number of benzene rings is 1. The molecule has 7 atom stereocenters. The zero-order valence-electron chi connectivity index (χ0n) is 21.4. The summed E-state index contributed by atoms with van der Waals surface area (Å²) < 4.78 is 5.56. The summed E-state index contributed by atoms with van der Waals surface area (Å²) in [6, 6.07) is 8.49. The minimum absolute atomic E-state index is 0.0662. The van der Waals surface area contributed by atoms with Crippen molar-refractivity contribution in [2.24, 2.45) is 23.7 Å². The van der Waals surface area contributed by atoms with E-state index in [9.17, 15) is 19.5 Å². The number of hydrogen-bond acceptors (Lipinski definition) is 8. The maximum Gasteiger partial charge on any atom is 0.411 e. The van der Waals surface area contributed by atoms with Gasteiger partial charge in [-0.2, -0.15) is 5.48 Å². The van der Waals surface area contributed by atoms with Crippen molar-refractivity contribution >= 4 is 18.0 Å². The number of amides is 2. The summed E-state index contributed by atoms with van der Waals surface area (Å²) in [5.41, 5.74) is 3.23. The zero-order chi connectivity index (χ0) is 26.3. The fourth-order valence-electron chi connectivity index (χ4n) is 5.96. The summed E-state index contributed by atoms with van der Waals surface area (Å²) in [5, 5.41) is 11.6. The number of allylic oxidation sites excluding steroid dienone is 2. The number of nitrogens with one attached hydrogen (secondary N) is 1. The summed E-state index contributed by atoms with van der Waals surface area (Å²) in [4.78, 5) is 51.8. The second kappa shape index (κ2) is 10.1. The molecule has 2 aliphatic carbocycles. The van der Waals surface area contributed by atoms with Gasteiger partial charge in [-0.15, -0.1) is 5.06 Å². The van der Waals surface area contributed by atoms with Crippen molar-refractivity contribution in [1.82, 2.24) is 15.4 Å². The molecule has 2 N–H and O–H groups in total. The highest BCUT2D eigenvalue weighted by Gasteiger charge is 2.60. The predicted molar refractivity (Wildman–Crippen MR) is 131 cm³/mol. The molecule has 2 heterocycles. The fourth-order valence-corrected chi connectivity index (χ4v) is 5.96. The number of piperidine rings is 1. The number of hydroxylamine groups is 3. The second-order valence-electron chi connectivity index (χ2n) is 11.4. The number of carbonyl (C=O) groups excluding carboxylic acids is 3. The highest BCUT2D eigenvalue weighted by Crippen LogP contribution is 2.54. The summed E-state index contributed by atoms with van der Waals surface area (Å²) in [6.45, 7) is 5.76. The molecular weight excluding hydrogens is 478 g/mol. The van der Waals surface area contributed by atoms with Crippen LogP contribution in [-0.2, 0) is 30.6 Å². The number of carbonyl (C=O) groups is 3. The van der Waals surface area contributed by atoms with E-state index in [2.05, 4.69) is 5.48 Å². The maximum atomic E-state index is 13.3. The lowest BCUT2D eigenvalue weighted by molar-refractivity contribution is -0.230. The molecule has 0 radical (unpaired) electrons. The molecule has 37 heavy (non-hydrogen) atoms. The molecule has 5 unspecified atom stereocenters. The standard InChI is InChI=1S/C27H35N3O7/c1-27(2,3)36-26(34)29-14-19(28-35-15-16-7-5-4-6-8-16)11-12-20(29)25(33)37-30-23(31)21-17-9-10-18(13-17)22(21)24(30)32/h4-10,17-23,28,31H,11-15H2,1-3H3/t17?,18?,19-,20+,21?,22?,23?/m1/s1. The SMILES string of the molecule is CC(C)(C)OC(=O)N1C[C@H](NOCc2ccccc2)CC[C@H]1C(=O)ON1C(=O)C2C3C=CC(C3)C2C1O. The van der Waals surface area contributed by atoms with E-state index in [1.807, 2.05) is 42.5 Å². The Morgan fingerprint density at radius 1 is 1.11 bits per heavy atom. The zero-order valence-corrected chi connectivity index (χ0v) is 21.4. The third-order valence-electron chi connectivity index (χ3n) is 7.61. The highest BCUT2D eigenvalue weighted by atomic mass is 16.7. The Balaban J connectivity index is 1.23. The normalized spacial score (nSPS) is 32.5. The number of ether oxygens (including phenoxy) is 1. The van der Waals surface area contributed by atoms with Gasteiger partial charge in [0, 0.05) is 12.5 Å². The van der Waals surface area contributed by atoms with E-state index in [1.54, 1.807) is 20.8 Å². The fraction of sp³-hybridized carbons (Fsp3) is 0.593. The van der Waals surface area contributed by atoms with Crippen LogP contribution < -0.4 is 5.48 Å². The third kappa shape index (κ3) is 5.23. The van der Waals surface area contributed by atoms with E-state index in [-0.39, 0.29) is 48.6 Å². The number of aliphatic hydroxyl groups is 1. The lowest BCUT2D eigenvalue weighted by atomic mass is 9.85. The number of likely N-dealkylation sites (tertiary alicyclic amines) is 1. The van der Waals surface area contributed by atoms with E-state index in [4.69, 9.17) is 14.4 Å². The van der Waals surface area contributed by atoms with Gasteiger partial charge in [0.2, 0.25) is 0 Å². The molecule has 4 aliphatic rings. The van der Waals surface area contributed by atoms with Gasteiger partial charge in [0.15, 0.2) is 6.23 Å². The summed E-state index contributed by atoms with van der Waals surface area (Å²) in [5.74, 6) is -1.62. The van der Waals surface area contributed by atoms with Gasteiger partial charge in [0.25, 0.3) is 5.91 Å². The molecule has 2 amide bonds. The van der Waals surface area contributed by atoms with Gasteiger partial charge in [-0.25, -0.2) is 9.59 Å². The smallest absolute Gasteiger partial charge is 0.411 e. The van der Waals surface area contributed by atoms with Crippen molar-refractivity contribution in [1.29, 1.82) is 0 Å². The highest BCUT2D eigenvalue weighted by molar-refractivity contribution is 5.86. The van der Waals surface area contributed by atoms with Crippen LogP contribution >= 0.6 is 0 Å². The van der Waals surface area contributed by atoms with Gasteiger partial charge in [0.05, 0.1) is 18.6 Å². The van der Waals surface area contributed by atoms with Gasteiger partial charge in [0.1, 0.15) is 11.6 Å². The molecule has 2 aliphatic heterocycles. The van der Waals surface area contributed by atoms with Gasteiger partial charge < -0.3 is 14.7 Å². The van der Waals surface area contributed by atoms with Crippen molar-refractivity contribution in [2.45, 2.75) is 70.6 Å². The molecule has 0 spiro atoms. The molecular formula is C27H35N3O7. The van der Waals surface area contributed by atoms with Crippen molar-refractivity contribution in [2.75, 3.05) is 6.54 Å². The summed E-state index contributed by atoms with van der Waals surface area (Å²) >= 11 is 0. The van der Waals surface area contributed by atoms with Gasteiger partial charge >= 0.3 is 12.1 Å². The predicted octanol–water partition coefficient (Wildman–Crippen LogP) is 2.53. The number of nitrogens with zero attached hydrogens (tertiary/aromatic N) is 2. The maximum absolute atomic E-state index is 13.3. The molecule has 1 aromatic rings. The minimum atomic E-state index is -1.19. The molecule has 3 fully saturated rings. The molecule has 5 rings (SSSR count). The molecule has 1 aromatic carbocycles. The lowest BCUT2D eigenvalue weighted by Crippen LogP contribution is -2.57. The first-order valence-electron chi connectivity index (χ1n) is 12.9. The lowest BCUT2D eigenvalue weighted by Gasteiger charge is -2.39. The number of rotatable bonds is 6. The molecule has 200 valence electrons. The van der Waals surface area contributed by atoms with Crippen molar-refractivity contribution in [3.05, 3.63) is 48.0 Å². The largest absolute Gasteiger partial charge is 0.444 e. The molecule has 1 saturated carbocycles. The van der Waals surface area contributed by atoms with Crippen LogP contribution in [0.3, 0.4) is 0 Å². The first kappa shape index (κ1) is 25.7. The van der Waals surface area contributed by atoms with Crippen molar-refractivity contribution in [3.63, 3.8) is 0 Å². The first-order chi connectivity index (χ1) is 17.6. The van der Waals surface area contributed by atoms with Crippen LogP contribution in [0.4, 0.5) is 4.79 Å². The van der Waals surface area contributed by atoms with Crippen molar-refractivity contribution in [3.8, 4) is 0 Å². The Morgan fingerprint density at radius 2 is 1.84 bits per heavy atom. The molecule has 2 bridgehead atoms. The van der Waals surface area contributed by atoms with Crippen molar-refractivity contribution < 1.29 is 33.9 Å². The number of hydrogen-bond donors (Lipinski definition) is 2. The van der Waals surface area contributed by atoms with Gasteiger partial charge in [-0.1, -0.05) is 42.5 Å². The Labute approximate surface area is 216 Å². The van der Waals surface area contributed by atoms with Gasteiger partial charge in [-0.3, -0.25) is 14.5 Å². The average Bonchev–Trinajstić information content (AvgIpc) is 3.54. The van der Waals surface area contributed by atoms with E-state index in [0.717, 1.165) is 17.0 Å². The average molecular weight is 514 g/mol. The van der Waals surface area contributed by atoms with E-state index < -0.39 is 29.9 Å². The molecule has 10 nitrogen and oxygen atoms in total. The van der Waals surface area contributed by atoms with E-state index >= 15 is 0 Å². The molecule has 2 saturated heterocycles. The van der Waals surface area contributed by atoms with Crippen LogP contribution in [0.15, 0.2) is 42.5 Å². The summed E-state index contributed by atoms with van der Waals surface area (Å²) in [7, 11) is 0. The monoisotopic (exact) mass is 513 g/mol. The Morgan fingerprint density at radius 3 is 2.54 bits per heavy atom. The first-order valence-corrected chi connectivity index (χ1v) is 12.9. The Hall–Kier alpha value is -2.95. The van der Waals surface area contributed by atoms with Crippen LogP contribution in [0, 0.1) is 23.7 Å². The van der Waals surface area contributed by atoms with Crippen LogP contribution in [0.25, 0.3) is 0 Å².